The molecule has 1 aromatic rings. The second-order valence-electron chi connectivity index (χ2n) is 7.77. The Labute approximate surface area is 128 Å². The van der Waals surface area contributed by atoms with Crippen LogP contribution < -0.4 is 0 Å². The van der Waals surface area contributed by atoms with E-state index in [-0.39, 0.29) is 5.56 Å². The Bertz CT molecular complexity index is 530. The first-order chi connectivity index (χ1) is 10.3. The molecule has 4 heteroatoms. The Morgan fingerprint density at radius 1 is 0.864 bits per heavy atom. The summed E-state index contributed by atoms with van der Waals surface area (Å²) in [5.41, 5.74) is -3.72. The minimum atomic E-state index is -4.64. The van der Waals surface area contributed by atoms with Crippen molar-refractivity contribution in [2.45, 2.75) is 50.3 Å². The van der Waals surface area contributed by atoms with E-state index >= 15 is 0 Å². The molecule has 22 heavy (non-hydrogen) atoms. The molecule has 4 aliphatic carbocycles. The van der Waals surface area contributed by atoms with Crippen molar-refractivity contribution in [2.75, 3.05) is 0 Å². The molecular weight excluding hydrogens is 289 g/mol. The van der Waals surface area contributed by atoms with Crippen molar-refractivity contribution in [2.24, 2.45) is 23.2 Å². The topological polar surface area (TPSA) is 20.2 Å². The van der Waals surface area contributed by atoms with E-state index in [2.05, 4.69) is 0 Å². The number of alkyl halides is 3. The number of halogens is 3. The lowest BCUT2D eigenvalue weighted by atomic mass is 9.44. The molecule has 1 aromatic carbocycles. The van der Waals surface area contributed by atoms with Crippen LogP contribution in [0.1, 0.15) is 44.1 Å². The number of hydrogen-bond donors (Lipinski definition) is 1. The number of rotatable bonds is 2. The molecular formula is C18H21F3O. The van der Waals surface area contributed by atoms with Gasteiger partial charge in [0, 0.05) is 5.41 Å². The SMILES string of the molecule is OC(c1ccccc1)(C(F)(F)F)C12CC3CC(CC(C3)C1)C2. The molecule has 1 N–H and O–H groups in total. The quantitative estimate of drug-likeness (QED) is 0.843. The van der Waals surface area contributed by atoms with Gasteiger partial charge in [0.2, 0.25) is 0 Å². The minimum absolute atomic E-state index is 0.0180. The Balaban J connectivity index is 1.85. The highest BCUT2D eigenvalue weighted by molar-refractivity contribution is 5.29. The van der Waals surface area contributed by atoms with Gasteiger partial charge in [-0.05, 0) is 61.8 Å². The third-order valence-corrected chi connectivity index (χ3v) is 6.41. The number of hydrogen-bond acceptors (Lipinski definition) is 1. The molecule has 0 amide bonds. The fourth-order valence-corrected chi connectivity index (χ4v) is 6.00. The lowest BCUT2D eigenvalue weighted by molar-refractivity contribution is -0.333. The lowest BCUT2D eigenvalue weighted by Gasteiger charge is -2.62. The standard InChI is InChI=1S/C18H21F3O/c19-18(20,21)17(22,15-4-2-1-3-5-15)16-9-12-6-13(10-16)8-14(7-12)11-16/h1-5,12-14,22H,6-11H2. The Kier molecular flexibility index (Phi) is 2.98. The summed E-state index contributed by atoms with van der Waals surface area (Å²) in [6.45, 7) is 0. The molecule has 4 fully saturated rings. The highest BCUT2D eigenvalue weighted by Crippen LogP contribution is 2.68. The fraction of sp³-hybridized carbons (Fsp3) is 0.667. The monoisotopic (exact) mass is 310 g/mol. The van der Waals surface area contributed by atoms with E-state index in [0.717, 1.165) is 19.3 Å². The van der Waals surface area contributed by atoms with Crippen LogP contribution in [0.25, 0.3) is 0 Å². The van der Waals surface area contributed by atoms with Gasteiger partial charge >= 0.3 is 6.18 Å². The van der Waals surface area contributed by atoms with E-state index in [4.69, 9.17) is 0 Å². The zero-order valence-corrected chi connectivity index (χ0v) is 12.4. The molecule has 1 atom stereocenters. The van der Waals surface area contributed by atoms with Crippen molar-refractivity contribution < 1.29 is 18.3 Å². The van der Waals surface area contributed by atoms with Gasteiger partial charge in [-0.1, -0.05) is 30.3 Å². The van der Waals surface area contributed by atoms with Crippen molar-refractivity contribution in [3.63, 3.8) is 0 Å². The maximum absolute atomic E-state index is 14.0. The molecule has 0 aromatic heterocycles. The third-order valence-electron chi connectivity index (χ3n) is 6.41. The summed E-state index contributed by atoms with van der Waals surface area (Å²) < 4.78 is 42.1. The second-order valence-corrected chi connectivity index (χ2v) is 7.77. The van der Waals surface area contributed by atoms with Crippen LogP contribution in [0.3, 0.4) is 0 Å². The highest BCUT2D eigenvalue weighted by atomic mass is 19.4. The van der Waals surface area contributed by atoms with Crippen LogP contribution in [0.2, 0.25) is 0 Å². The molecule has 0 radical (unpaired) electrons. The largest absolute Gasteiger partial charge is 0.421 e. The van der Waals surface area contributed by atoms with Gasteiger partial charge in [-0.15, -0.1) is 0 Å². The Hall–Kier alpha value is -1.03. The molecule has 4 bridgehead atoms. The van der Waals surface area contributed by atoms with Gasteiger partial charge < -0.3 is 5.11 Å². The molecule has 0 saturated heterocycles. The van der Waals surface area contributed by atoms with Gasteiger partial charge in [-0.25, -0.2) is 0 Å². The first kappa shape index (κ1) is 14.6. The van der Waals surface area contributed by atoms with Crippen LogP contribution in [0.4, 0.5) is 13.2 Å². The van der Waals surface area contributed by atoms with Crippen LogP contribution in [-0.2, 0) is 5.60 Å². The summed E-state index contributed by atoms with van der Waals surface area (Å²) in [6.07, 6.45) is 0.0870. The highest BCUT2D eigenvalue weighted by Gasteiger charge is 2.70. The van der Waals surface area contributed by atoms with Crippen LogP contribution in [0, 0.1) is 23.2 Å². The van der Waals surface area contributed by atoms with Crippen LogP contribution in [0.5, 0.6) is 0 Å². The maximum atomic E-state index is 14.0. The zero-order chi connectivity index (χ0) is 15.6. The van der Waals surface area contributed by atoms with Gasteiger partial charge in [0.1, 0.15) is 0 Å². The smallest absolute Gasteiger partial charge is 0.376 e. The molecule has 4 aliphatic rings. The maximum Gasteiger partial charge on any atom is 0.421 e. The van der Waals surface area contributed by atoms with Gasteiger partial charge in [-0.3, -0.25) is 0 Å². The van der Waals surface area contributed by atoms with Crippen LogP contribution in [0.15, 0.2) is 30.3 Å². The third kappa shape index (κ3) is 1.82. The molecule has 0 aliphatic heterocycles. The van der Waals surface area contributed by atoms with E-state index in [1.54, 1.807) is 18.2 Å². The first-order valence-electron chi connectivity index (χ1n) is 8.19. The molecule has 0 heterocycles. The molecule has 1 nitrogen and oxygen atoms in total. The number of benzene rings is 1. The molecule has 1 unspecified atom stereocenters. The van der Waals surface area contributed by atoms with Crippen molar-refractivity contribution in [3.8, 4) is 0 Å². The van der Waals surface area contributed by atoms with E-state index in [1.807, 2.05) is 0 Å². The van der Waals surface area contributed by atoms with Crippen molar-refractivity contribution in [3.05, 3.63) is 35.9 Å². The lowest BCUT2D eigenvalue weighted by Crippen LogP contribution is -2.62. The summed E-state index contributed by atoms with van der Waals surface area (Å²) in [7, 11) is 0. The van der Waals surface area contributed by atoms with E-state index in [0.29, 0.717) is 37.0 Å². The minimum Gasteiger partial charge on any atom is -0.376 e. The first-order valence-corrected chi connectivity index (χ1v) is 8.19. The predicted molar refractivity (Wildman–Crippen MR) is 77.0 cm³/mol. The summed E-state index contributed by atoms with van der Waals surface area (Å²) in [6, 6.07) is 7.75. The van der Waals surface area contributed by atoms with Gasteiger partial charge in [-0.2, -0.15) is 13.2 Å². The molecule has 0 spiro atoms. The van der Waals surface area contributed by atoms with Gasteiger partial charge in [0.25, 0.3) is 0 Å². The summed E-state index contributed by atoms with van der Waals surface area (Å²) >= 11 is 0. The molecule has 120 valence electrons. The number of aliphatic hydroxyl groups is 1. The van der Waals surface area contributed by atoms with E-state index < -0.39 is 17.2 Å². The van der Waals surface area contributed by atoms with E-state index in [1.165, 1.54) is 12.1 Å². The normalized spacial score (nSPS) is 39.7. The van der Waals surface area contributed by atoms with Gasteiger partial charge in [0.15, 0.2) is 5.60 Å². The van der Waals surface area contributed by atoms with Crippen LogP contribution in [-0.4, -0.2) is 11.3 Å². The molecule has 4 saturated carbocycles. The van der Waals surface area contributed by atoms with Crippen LogP contribution >= 0.6 is 0 Å². The Morgan fingerprint density at radius 3 is 1.73 bits per heavy atom. The van der Waals surface area contributed by atoms with E-state index in [9.17, 15) is 18.3 Å². The summed E-state index contributed by atoms with van der Waals surface area (Å²) in [5, 5.41) is 11.1. The zero-order valence-electron chi connectivity index (χ0n) is 12.4. The van der Waals surface area contributed by atoms with Crippen molar-refractivity contribution in [1.29, 1.82) is 0 Å². The second kappa shape index (κ2) is 4.50. The Morgan fingerprint density at radius 2 is 1.32 bits per heavy atom. The van der Waals surface area contributed by atoms with Crippen molar-refractivity contribution in [1.82, 2.24) is 0 Å². The van der Waals surface area contributed by atoms with Crippen molar-refractivity contribution >= 4 is 0 Å². The summed E-state index contributed by atoms with van der Waals surface area (Å²) in [5.74, 6) is 1.09. The predicted octanol–water partition coefficient (Wildman–Crippen LogP) is 4.65. The summed E-state index contributed by atoms with van der Waals surface area (Å²) in [4.78, 5) is 0. The average Bonchev–Trinajstić information content (AvgIpc) is 2.44. The van der Waals surface area contributed by atoms with Gasteiger partial charge in [0.05, 0.1) is 0 Å². The molecule has 5 rings (SSSR count). The average molecular weight is 310 g/mol. The fourth-order valence-electron chi connectivity index (χ4n) is 6.00.